The number of ether oxygens (including phenoxy) is 2. The van der Waals surface area contributed by atoms with E-state index in [2.05, 4.69) is 5.32 Å². The van der Waals surface area contributed by atoms with Crippen LogP contribution in [0.15, 0.2) is 12.1 Å². The number of rotatable bonds is 5. The van der Waals surface area contributed by atoms with Crippen LogP contribution in [-0.4, -0.2) is 49.8 Å². The molecule has 0 bridgehead atoms. The molecule has 2 aliphatic heterocycles. The molecule has 1 fully saturated rings. The van der Waals surface area contributed by atoms with Gasteiger partial charge in [-0.3, -0.25) is 4.79 Å². The molecule has 2 heterocycles. The van der Waals surface area contributed by atoms with Crippen molar-refractivity contribution >= 4 is 5.91 Å². The van der Waals surface area contributed by atoms with Crippen molar-refractivity contribution in [1.82, 2.24) is 10.2 Å². The minimum Gasteiger partial charge on any atom is -0.496 e. The van der Waals surface area contributed by atoms with Gasteiger partial charge in [0.2, 0.25) is 5.91 Å². The number of carbonyl (C=O) groups excluding carboxylic acids is 1. The third-order valence-corrected chi connectivity index (χ3v) is 5.37. The Morgan fingerprint density at radius 1 is 1.24 bits per heavy atom. The van der Waals surface area contributed by atoms with Crippen molar-refractivity contribution < 1.29 is 19.4 Å². The van der Waals surface area contributed by atoms with E-state index in [1.54, 1.807) is 25.2 Å². The van der Waals surface area contributed by atoms with Gasteiger partial charge in [0.05, 0.1) is 20.8 Å². The highest BCUT2D eigenvalue weighted by Gasteiger charge is 2.32. The van der Waals surface area contributed by atoms with Crippen LogP contribution in [0.1, 0.15) is 42.9 Å². The van der Waals surface area contributed by atoms with E-state index in [0.29, 0.717) is 36.9 Å². The van der Waals surface area contributed by atoms with E-state index < -0.39 is 6.10 Å². The third-order valence-electron chi connectivity index (χ3n) is 5.37. The molecule has 0 saturated carbocycles. The first-order valence-corrected chi connectivity index (χ1v) is 9.04. The maximum absolute atomic E-state index is 12.7. The summed E-state index contributed by atoms with van der Waals surface area (Å²) in [6.07, 6.45) is 3.00. The largest absolute Gasteiger partial charge is 0.496 e. The van der Waals surface area contributed by atoms with Gasteiger partial charge in [0, 0.05) is 24.1 Å². The van der Waals surface area contributed by atoms with Crippen molar-refractivity contribution in [3.05, 3.63) is 23.3 Å². The van der Waals surface area contributed by atoms with Crippen molar-refractivity contribution in [2.45, 2.75) is 38.3 Å². The number of nitrogens with zero attached hydrogens (tertiary/aromatic N) is 1. The molecule has 1 atom stereocenters. The number of amides is 1. The predicted octanol–water partition coefficient (Wildman–Crippen LogP) is 1.86. The second-order valence-corrected chi connectivity index (χ2v) is 6.88. The van der Waals surface area contributed by atoms with Gasteiger partial charge in [-0.05, 0) is 50.4 Å². The molecule has 0 radical (unpaired) electrons. The Balaban J connectivity index is 1.70. The number of fused-ring (bicyclic) bond motifs is 1. The Labute approximate surface area is 149 Å². The maximum Gasteiger partial charge on any atom is 0.222 e. The molecule has 25 heavy (non-hydrogen) atoms. The molecule has 2 aliphatic rings. The van der Waals surface area contributed by atoms with Gasteiger partial charge < -0.3 is 24.8 Å². The highest BCUT2D eigenvalue weighted by molar-refractivity contribution is 5.77. The molecular weight excluding hydrogens is 320 g/mol. The summed E-state index contributed by atoms with van der Waals surface area (Å²) in [5.74, 6) is 2.06. The van der Waals surface area contributed by atoms with Gasteiger partial charge >= 0.3 is 0 Å². The molecule has 3 rings (SSSR count). The number of aliphatic hydroxyl groups excluding tert-OH is 1. The fourth-order valence-corrected chi connectivity index (χ4v) is 3.92. The van der Waals surface area contributed by atoms with Crippen LogP contribution in [0.4, 0.5) is 0 Å². The standard InChI is InChI=1S/C19H28N2O4/c1-24-16-4-5-17(25-2)19-14(16)11-21(12-15(19)22)18(23)6-3-13-7-9-20-10-8-13/h4-5,13,15,20,22H,3,6-12H2,1-2H3. The molecule has 0 spiro atoms. The van der Waals surface area contributed by atoms with Crippen LogP contribution in [0.3, 0.4) is 0 Å². The molecule has 0 aromatic heterocycles. The maximum atomic E-state index is 12.7. The van der Waals surface area contributed by atoms with Crippen LogP contribution in [0.5, 0.6) is 11.5 Å². The number of carbonyl (C=O) groups is 1. The minimum atomic E-state index is -0.753. The molecule has 2 N–H and O–H groups in total. The number of benzene rings is 1. The van der Waals surface area contributed by atoms with Crippen molar-refractivity contribution in [3.63, 3.8) is 0 Å². The zero-order valence-corrected chi connectivity index (χ0v) is 15.1. The van der Waals surface area contributed by atoms with Gasteiger partial charge in [-0.2, -0.15) is 0 Å². The molecule has 1 aromatic rings. The molecule has 1 unspecified atom stereocenters. The van der Waals surface area contributed by atoms with E-state index in [0.717, 1.165) is 43.5 Å². The quantitative estimate of drug-likeness (QED) is 0.850. The Bertz CT molecular complexity index is 614. The number of piperidine rings is 1. The normalized spacial score (nSPS) is 20.9. The SMILES string of the molecule is COc1ccc(OC)c2c1CN(C(=O)CCC1CCNCC1)CC2O. The summed E-state index contributed by atoms with van der Waals surface area (Å²) in [7, 11) is 3.19. The lowest BCUT2D eigenvalue weighted by atomic mass is 9.92. The fourth-order valence-electron chi connectivity index (χ4n) is 3.92. The zero-order chi connectivity index (χ0) is 17.8. The Morgan fingerprint density at radius 2 is 1.92 bits per heavy atom. The summed E-state index contributed by atoms with van der Waals surface area (Å²) in [5.41, 5.74) is 1.58. The first-order valence-electron chi connectivity index (χ1n) is 9.04. The third kappa shape index (κ3) is 3.90. The van der Waals surface area contributed by atoms with Crippen LogP contribution in [0.2, 0.25) is 0 Å². The number of hydrogen-bond acceptors (Lipinski definition) is 5. The van der Waals surface area contributed by atoms with E-state index in [9.17, 15) is 9.90 Å². The molecule has 138 valence electrons. The monoisotopic (exact) mass is 348 g/mol. The lowest BCUT2D eigenvalue weighted by molar-refractivity contribution is -0.134. The van der Waals surface area contributed by atoms with Gasteiger partial charge in [-0.25, -0.2) is 0 Å². The first kappa shape index (κ1) is 18.0. The number of hydrogen-bond donors (Lipinski definition) is 2. The number of nitrogens with one attached hydrogen (secondary N) is 1. The summed E-state index contributed by atoms with van der Waals surface area (Å²) in [6, 6.07) is 3.63. The van der Waals surface area contributed by atoms with Crippen LogP contribution < -0.4 is 14.8 Å². The predicted molar refractivity (Wildman–Crippen MR) is 94.8 cm³/mol. The molecule has 1 saturated heterocycles. The summed E-state index contributed by atoms with van der Waals surface area (Å²) in [6.45, 7) is 2.86. The van der Waals surface area contributed by atoms with Crippen molar-refractivity contribution in [2.75, 3.05) is 33.9 Å². The van der Waals surface area contributed by atoms with Gasteiger partial charge in [0.1, 0.15) is 17.6 Å². The fraction of sp³-hybridized carbons (Fsp3) is 0.632. The summed E-state index contributed by atoms with van der Waals surface area (Å²) >= 11 is 0. The topological polar surface area (TPSA) is 71.0 Å². The number of β-amino-alcohol motifs (C(OH)–C–C–N with tert-alkyl or cyclic N) is 1. The summed E-state index contributed by atoms with van der Waals surface area (Å²) < 4.78 is 10.8. The highest BCUT2D eigenvalue weighted by Crippen LogP contribution is 2.39. The van der Waals surface area contributed by atoms with E-state index >= 15 is 0 Å². The Kier molecular flexibility index (Phi) is 5.81. The Hall–Kier alpha value is -1.79. The summed E-state index contributed by atoms with van der Waals surface area (Å²) in [4.78, 5) is 14.4. The van der Waals surface area contributed by atoms with Crippen molar-refractivity contribution in [2.24, 2.45) is 5.92 Å². The number of aliphatic hydroxyl groups is 1. The lowest BCUT2D eigenvalue weighted by Crippen LogP contribution is -2.39. The van der Waals surface area contributed by atoms with Gasteiger partial charge in [0.15, 0.2) is 0 Å². The van der Waals surface area contributed by atoms with E-state index in [-0.39, 0.29) is 5.91 Å². The van der Waals surface area contributed by atoms with Crippen LogP contribution in [0, 0.1) is 5.92 Å². The minimum absolute atomic E-state index is 0.105. The highest BCUT2D eigenvalue weighted by atomic mass is 16.5. The average molecular weight is 348 g/mol. The van der Waals surface area contributed by atoms with Crippen LogP contribution in [-0.2, 0) is 11.3 Å². The van der Waals surface area contributed by atoms with Crippen LogP contribution >= 0.6 is 0 Å². The van der Waals surface area contributed by atoms with E-state index in [1.807, 2.05) is 6.07 Å². The van der Waals surface area contributed by atoms with Gasteiger partial charge in [0.25, 0.3) is 0 Å². The molecule has 6 heteroatoms. The second kappa shape index (κ2) is 8.06. The van der Waals surface area contributed by atoms with Gasteiger partial charge in [-0.1, -0.05) is 0 Å². The number of methoxy groups -OCH3 is 2. The molecule has 6 nitrogen and oxygen atoms in total. The zero-order valence-electron chi connectivity index (χ0n) is 15.1. The molecular formula is C19H28N2O4. The first-order chi connectivity index (χ1) is 12.1. The lowest BCUT2D eigenvalue weighted by Gasteiger charge is -2.34. The van der Waals surface area contributed by atoms with E-state index in [1.165, 1.54) is 0 Å². The summed E-state index contributed by atoms with van der Waals surface area (Å²) in [5, 5.41) is 13.9. The molecule has 1 aromatic carbocycles. The molecule has 1 amide bonds. The second-order valence-electron chi connectivity index (χ2n) is 6.88. The molecule has 0 aliphatic carbocycles. The Morgan fingerprint density at radius 3 is 2.60 bits per heavy atom. The smallest absolute Gasteiger partial charge is 0.222 e. The van der Waals surface area contributed by atoms with Gasteiger partial charge in [-0.15, -0.1) is 0 Å². The van der Waals surface area contributed by atoms with Crippen molar-refractivity contribution in [3.8, 4) is 11.5 Å². The van der Waals surface area contributed by atoms with Crippen molar-refractivity contribution in [1.29, 1.82) is 0 Å². The average Bonchev–Trinajstić information content (AvgIpc) is 2.65. The van der Waals surface area contributed by atoms with E-state index in [4.69, 9.17) is 9.47 Å². The van der Waals surface area contributed by atoms with Crippen LogP contribution in [0.25, 0.3) is 0 Å².